The van der Waals surface area contributed by atoms with Crippen molar-refractivity contribution in [2.24, 2.45) is 5.92 Å². The van der Waals surface area contributed by atoms with Gasteiger partial charge in [-0.15, -0.1) is 11.3 Å². The number of nitrogens with zero attached hydrogens (tertiary/aromatic N) is 2. The van der Waals surface area contributed by atoms with Crippen molar-refractivity contribution in [1.82, 2.24) is 4.98 Å². The Balaban J connectivity index is 1.74. The number of aromatic nitrogens is 1. The van der Waals surface area contributed by atoms with E-state index in [2.05, 4.69) is 35.3 Å². The van der Waals surface area contributed by atoms with Crippen molar-refractivity contribution in [2.45, 2.75) is 19.3 Å². The van der Waals surface area contributed by atoms with E-state index < -0.39 is 0 Å². The Kier molecular flexibility index (Phi) is 6.40. The summed E-state index contributed by atoms with van der Waals surface area (Å²) in [5.41, 5.74) is 9.57. The largest absolute Gasteiger partial charge is 0.298 e. The average molecular weight is 481 g/mol. The normalized spacial score (nSPS) is 14.1. The molecule has 0 N–H and O–H groups in total. The van der Waals surface area contributed by atoms with Crippen LogP contribution in [0.5, 0.6) is 0 Å². The van der Waals surface area contributed by atoms with Gasteiger partial charge >= 0.3 is 0 Å². The lowest BCUT2D eigenvalue weighted by molar-refractivity contribution is 0.112. The molecule has 4 aromatic rings. The molecule has 0 bridgehead atoms. The third-order valence-electron chi connectivity index (χ3n) is 6.40. The van der Waals surface area contributed by atoms with Crippen LogP contribution in [0.25, 0.3) is 21.6 Å². The Labute approximate surface area is 208 Å². The number of halogens is 1. The summed E-state index contributed by atoms with van der Waals surface area (Å²) in [5, 5.41) is 9.91. The summed E-state index contributed by atoms with van der Waals surface area (Å²) in [6.45, 7) is 0. The van der Waals surface area contributed by atoms with Gasteiger partial charge in [0.2, 0.25) is 0 Å². The van der Waals surface area contributed by atoms with Crippen molar-refractivity contribution in [3.8, 4) is 16.5 Å². The van der Waals surface area contributed by atoms with Crippen LogP contribution >= 0.6 is 22.9 Å². The van der Waals surface area contributed by atoms with Gasteiger partial charge in [-0.3, -0.25) is 9.78 Å². The van der Waals surface area contributed by atoms with Crippen molar-refractivity contribution in [2.75, 3.05) is 0 Å². The predicted molar refractivity (Wildman–Crippen MR) is 139 cm³/mol. The second kappa shape index (κ2) is 9.77. The minimum atomic E-state index is 0.382. The molecule has 1 fully saturated rings. The molecule has 5 rings (SSSR count). The molecule has 3 nitrogen and oxygen atoms in total. The first kappa shape index (κ1) is 22.3. The molecule has 0 atom stereocenters. The van der Waals surface area contributed by atoms with Gasteiger partial charge in [-0.1, -0.05) is 72.6 Å². The molecular weight excluding hydrogens is 460 g/mol. The lowest BCUT2D eigenvalue weighted by Gasteiger charge is -2.32. The van der Waals surface area contributed by atoms with E-state index in [9.17, 15) is 10.1 Å². The van der Waals surface area contributed by atoms with Crippen LogP contribution in [0, 0.1) is 17.2 Å². The zero-order valence-electron chi connectivity index (χ0n) is 18.4. The topological polar surface area (TPSA) is 53.8 Å². The maximum atomic E-state index is 11.3. The Bertz CT molecular complexity index is 1390. The summed E-state index contributed by atoms with van der Waals surface area (Å²) in [6.07, 6.45) is 6.12. The van der Waals surface area contributed by atoms with Gasteiger partial charge in [-0.25, -0.2) is 0 Å². The number of hydrogen-bond donors (Lipinski definition) is 0. The molecule has 5 heteroatoms. The van der Waals surface area contributed by atoms with E-state index in [-0.39, 0.29) is 0 Å². The molecular formula is C29H21ClN2OS. The van der Waals surface area contributed by atoms with Gasteiger partial charge in [0, 0.05) is 16.8 Å². The summed E-state index contributed by atoms with van der Waals surface area (Å²) in [7, 11) is 0. The van der Waals surface area contributed by atoms with Crippen LogP contribution in [0.3, 0.4) is 0 Å². The molecule has 0 spiro atoms. The highest BCUT2D eigenvalue weighted by atomic mass is 35.5. The number of aldehydes is 1. The fraction of sp³-hybridized carbons (Fsp3) is 0.138. The monoisotopic (exact) mass is 480 g/mol. The molecule has 1 aromatic heterocycles. The maximum Gasteiger partial charge on any atom is 0.150 e. The second-order valence-electron chi connectivity index (χ2n) is 8.41. The molecule has 1 saturated carbocycles. The number of benzene rings is 3. The number of carbonyl (C=O) groups excluding carboxylic acids is 1. The van der Waals surface area contributed by atoms with Crippen molar-refractivity contribution < 1.29 is 4.79 Å². The van der Waals surface area contributed by atoms with Gasteiger partial charge in [0.1, 0.15) is 6.29 Å². The molecule has 0 aliphatic heterocycles. The Morgan fingerprint density at radius 2 is 1.74 bits per heavy atom. The van der Waals surface area contributed by atoms with Crippen LogP contribution in [0.15, 0.2) is 78.4 Å². The molecule has 1 aliphatic carbocycles. The fourth-order valence-electron chi connectivity index (χ4n) is 4.42. The fourth-order valence-corrected chi connectivity index (χ4v) is 5.34. The minimum Gasteiger partial charge on any atom is -0.298 e. The van der Waals surface area contributed by atoms with E-state index in [4.69, 9.17) is 11.6 Å². The highest BCUT2D eigenvalue weighted by Gasteiger charge is 2.28. The van der Waals surface area contributed by atoms with Crippen LogP contribution in [-0.4, -0.2) is 11.3 Å². The van der Waals surface area contributed by atoms with E-state index >= 15 is 0 Å². The van der Waals surface area contributed by atoms with Crippen LogP contribution in [0.4, 0.5) is 0 Å². The van der Waals surface area contributed by atoms with Gasteiger partial charge in [0.05, 0.1) is 22.0 Å². The maximum absolute atomic E-state index is 11.3. The summed E-state index contributed by atoms with van der Waals surface area (Å²) < 4.78 is 0. The van der Waals surface area contributed by atoms with Crippen LogP contribution < -0.4 is 0 Å². The van der Waals surface area contributed by atoms with Crippen molar-refractivity contribution >= 4 is 40.4 Å². The number of rotatable bonds is 6. The smallest absolute Gasteiger partial charge is 0.150 e. The van der Waals surface area contributed by atoms with Gasteiger partial charge in [-0.2, -0.15) is 5.26 Å². The third kappa shape index (κ3) is 4.33. The molecule has 0 radical (unpaired) electrons. The summed E-state index contributed by atoms with van der Waals surface area (Å²) in [6, 6.07) is 24.0. The van der Waals surface area contributed by atoms with Crippen molar-refractivity contribution in [3.63, 3.8) is 0 Å². The molecule has 166 valence electrons. The predicted octanol–water partition coefficient (Wildman–Crippen LogP) is 7.91. The standard InChI is InChI=1S/C29H21ClN2OS/c30-26-14-20(15-31)6-13-25(26)29(22-2-1-3-22)28(23-7-4-19(17-33)5-8-23)24-11-9-21(10-12-24)27-16-32-18-34-27/h4-14,16-18,22H,1-3H2/b29-28+. The second-order valence-corrected chi connectivity index (χ2v) is 9.70. The first-order valence-electron chi connectivity index (χ1n) is 11.2. The first-order chi connectivity index (χ1) is 16.7. The van der Waals surface area contributed by atoms with E-state index in [1.165, 1.54) is 12.0 Å². The number of thiazole rings is 1. The molecule has 0 amide bonds. The van der Waals surface area contributed by atoms with Gasteiger partial charge < -0.3 is 0 Å². The quantitative estimate of drug-likeness (QED) is 0.208. The zero-order valence-corrected chi connectivity index (χ0v) is 19.9. The summed E-state index contributed by atoms with van der Waals surface area (Å²) in [4.78, 5) is 16.6. The van der Waals surface area contributed by atoms with Gasteiger partial charge in [-0.05, 0) is 64.3 Å². The van der Waals surface area contributed by atoms with Crippen molar-refractivity contribution in [1.29, 1.82) is 5.26 Å². The number of allylic oxidation sites excluding steroid dienone is 1. The number of hydrogen-bond acceptors (Lipinski definition) is 4. The zero-order chi connectivity index (χ0) is 23.5. The summed E-state index contributed by atoms with van der Waals surface area (Å²) in [5.74, 6) is 0.382. The molecule has 0 unspecified atom stereocenters. The summed E-state index contributed by atoms with van der Waals surface area (Å²) >= 11 is 8.37. The third-order valence-corrected chi connectivity index (χ3v) is 7.53. The van der Waals surface area contributed by atoms with E-state index in [0.717, 1.165) is 51.8 Å². The average Bonchev–Trinajstić information content (AvgIpc) is 3.38. The highest BCUT2D eigenvalue weighted by Crippen LogP contribution is 2.47. The molecule has 34 heavy (non-hydrogen) atoms. The molecule has 1 aliphatic rings. The Morgan fingerprint density at radius 1 is 1.03 bits per heavy atom. The minimum absolute atomic E-state index is 0.382. The number of nitriles is 1. The Hall–Kier alpha value is -3.52. The van der Waals surface area contributed by atoms with Crippen molar-refractivity contribution in [3.05, 3.63) is 111 Å². The first-order valence-corrected chi connectivity index (χ1v) is 12.4. The van der Waals surface area contributed by atoms with E-state index in [0.29, 0.717) is 22.1 Å². The molecule has 1 heterocycles. The molecule has 0 saturated heterocycles. The van der Waals surface area contributed by atoms with Gasteiger partial charge in [0.25, 0.3) is 0 Å². The van der Waals surface area contributed by atoms with E-state index in [1.807, 2.05) is 48.1 Å². The van der Waals surface area contributed by atoms with Crippen LogP contribution in [-0.2, 0) is 0 Å². The van der Waals surface area contributed by atoms with Crippen LogP contribution in [0.2, 0.25) is 5.02 Å². The number of carbonyl (C=O) groups is 1. The SMILES string of the molecule is N#Cc1ccc(/C(=C(\c2ccc(C=O)cc2)c2ccc(-c3cncs3)cc2)C2CCC2)c(Cl)c1. The van der Waals surface area contributed by atoms with Crippen LogP contribution in [0.1, 0.15) is 51.9 Å². The lowest BCUT2D eigenvalue weighted by atomic mass is 9.73. The lowest BCUT2D eigenvalue weighted by Crippen LogP contribution is -2.15. The van der Waals surface area contributed by atoms with E-state index in [1.54, 1.807) is 17.4 Å². The highest BCUT2D eigenvalue weighted by molar-refractivity contribution is 7.13. The molecule has 3 aromatic carbocycles. The van der Waals surface area contributed by atoms with Gasteiger partial charge in [0.15, 0.2) is 0 Å². The Morgan fingerprint density at radius 3 is 2.26 bits per heavy atom.